The van der Waals surface area contributed by atoms with Crippen LogP contribution < -0.4 is 5.32 Å². The Morgan fingerprint density at radius 3 is 2.65 bits per heavy atom. The van der Waals surface area contributed by atoms with Crippen LogP contribution in [0.25, 0.3) is 0 Å². The van der Waals surface area contributed by atoms with Crippen LogP contribution in [0, 0.1) is 11.3 Å². The Hall–Kier alpha value is -1.56. The number of aliphatic hydroxyl groups is 1. The van der Waals surface area contributed by atoms with E-state index in [9.17, 15) is 9.90 Å². The summed E-state index contributed by atoms with van der Waals surface area (Å²) in [4.78, 5) is 16.3. The summed E-state index contributed by atoms with van der Waals surface area (Å²) in [5, 5.41) is 12.9. The lowest BCUT2D eigenvalue weighted by molar-refractivity contribution is 0.0424. The van der Waals surface area contributed by atoms with E-state index in [1.165, 1.54) is 0 Å². The van der Waals surface area contributed by atoms with Crippen LogP contribution in [0.1, 0.15) is 45.9 Å². The van der Waals surface area contributed by atoms with E-state index in [2.05, 4.69) is 10.3 Å². The van der Waals surface area contributed by atoms with Crippen molar-refractivity contribution in [1.82, 2.24) is 14.9 Å². The Morgan fingerprint density at radius 2 is 2.17 bits per heavy atom. The minimum atomic E-state index is -0.515. The van der Waals surface area contributed by atoms with Crippen LogP contribution in [0.3, 0.4) is 0 Å². The van der Waals surface area contributed by atoms with E-state index in [0.717, 1.165) is 31.5 Å². The zero-order valence-electron chi connectivity index (χ0n) is 14.6. The number of nitrogens with one attached hydrogen (secondary N) is 1. The minimum Gasteiger partial charge on any atom is -0.444 e. The molecule has 1 amide bonds. The molecule has 0 aliphatic heterocycles. The molecule has 2 rings (SSSR count). The van der Waals surface area contributed by atoms with Gasteiger partial charge in [-0.3, -0.25) is 0 Å². The van der Waals surface area contributed by atoms with Gasteiger partial charge >= 0.3 is 6.09 Å². The second-order valence-corrected chi connectivity index (χ2v) is 7.60. The number of aliphatic hydroxyl groups excluding tert-OH is 1. The molecule has 2 N–H and O–H groups in total. The minimum absolute atomic E-state index is 0.0673. The average Bonchev–Trinajstić information content (AvgIpc) is 3.22. The predicted octanol–water partition coefficient (Wildman–Crippen LogP) is 2.27. The van der Waals surface area contributed by atoms with Gasteiger partial charge in [0.05, 0.1) is 6.61 Å². The SMILES string of the molecule is Cn1ccnc1CCC(CO)(CNC(=O)OC(C)(C)C)C1CC1. The molecule has 1 atom stereocenters. The lowest BCUT2D eigenvalue weighted by Crippen LogP contribution is -2.44. The van der Waals surface area contributed by atoms with Crippen LogP contribution >= 0.6 is 0 Å². The summed E-state index contributed by atoms with van der Waals surface area (Å²) in [6.07, 6.45) is 7.09. The fourth-order valence-corrected chi connectivity index (χ4v) is 2.96. The fraction of sp³-hybridized carbons (Fsp3) is 0.765. The van der Waals surface area contributed by atoms with Gasteiger partial charge in [-0.15, -0.1) is 0 Å². The second kappa shape index (κ2) is 6.91. The molecule has 1 aliphatic carbocycles. The third-order valence-corrected chi connectivity index (χ3v) is 4.51. The highest BCUT2D eigenvalue weighted by Crippen LogP contribution is 2.47. The Balaban J connectivity index is 1.96. The number of amides is 1. The number of imidazole rings is 1. The largest absolute Gasteiger partial charge is 0.444 e. The number of alkyl carbamates (subject to hydrolysis) is 1. The van der Waals surface area contributed by atoms with Gasteiger partial charge in [0.1, 0.15) is 11.4 Å². The van der Waals surface area contributed by atoms with Gasteiger partial charge in [-0.05, 0) is 46.0 Å². The molecule has 1 unspecified atom stereocenters. The van der Waals surface area contributed by atoms with Crippen molar-refractivity contribution < 1.29 is 14.6 Å². The summed E-state index contributed by atoms with van der Waals surface area (Å²) in [5.74, 6) is 1.46. The highest BCUT2D eigenvalue weighted by Gasteiger charge is 2.45. The quantitative estimate of drug-likeness (QED) is 0.807. The first-order valence-corrected chi connectivity index (χ1v) is 8.30. The van der Waals surface area contributed by atoms with Gasteiger partial charge in [0, 0.05) is 37.8 Å². The highest BCUT2D eigenvalue weighted by atomic mass is 16.6. The Morgan fingerprint density at radius 1 is 1.48 bits per heavy atom. The molecule has 0 saturated heterocycles. The standard InChI is InChI=1S/C17H29N3O3/c1-16(2,3)23-15(22)19-11-17(12-21,13-5-6-13)8-7-14-18-9-10-20(14)4/h9-10,13,21H,5-8,11-12H2,1-4H3,(H,19,22). The highest BCUT2D eigenvalue weighted by molar-refractivity contribution is 5.67. The first-order valence-electron chi connectivity index (χ1n) is 8.30. The van der Waals surface area contributed by atoms with Gasteiger partial charge in [-0.25, -0.2) is 9.78 Å². The number of aryl methyl sites for hydroxylation is 2. The third-order valence-electron chi connectivity index (χ3n) is 4.51. The molecule has 1 heterocycles. The van der Waals surface area contributed by atoms with Crippen LogP contribution in [0.15, 0.2) is 12.4 Å². The molecule has 0 aromatic carbocycles. The lowest BCUT2D eigenvalue weighted by Gasteiger charge is -2.33. The van der Waals surface area contributed by atoms with E-state index in [0.29, 0.717) is 12.5 Å². The van der Waals surface area contributed by atoms with E-state index >= 15 is 0 Å². The van der Waals surface area contributed by atoms with Crippen molar-refractivity contribution in [1.29, 1.82) is 0 Å². The zero-order chi connectivity index (χ0) is 17.1. The van der Waals surface area contributed by atoms with Crippen molar-refractivity contribution in [2.45, 2.75) is 52.1 Å². The number of carbonyl (C=O) groups is 1. The van der Waals surface area contributed by atoms with Crippen molar-refractivity contribution in [3.63, 3.8) is 0 Å². The fourth-order valence-electron chi connectivity index (χ4n) is 2.96. The Labute approximate surface area is 138 Å². The van der Waals surface area contributed by atoms with E-state index in [1.807, 2.05) is 38.6 Å². The van der Waals surface area contributed by atoms with Crippen molar-refractivity contribution in [3.8, 4) is 0 Å². The summed E-state index contributed by atoms with van der Waals surface area (Å²) < 4.78 is 7.30. The van der Waals surface area contributed by atoms with E-state index < -0.39 is 11.7 Å². The number of aromatic nitrogens is 2. The summed E-state index contributed by atoms with van der Waals surface area (Å²) in [7, 11) is 1.97. The van der Waals surface area contributed by atoms with Crippen LogP contribution in [0.2, 0.25) is 0 Å². The molecule has 6 nitrogen and oxygen atoms in total. The average molecular weight is 323 g/mol. The van der Waals surface area contributed by atoms with E-state index in [4.69, 9.17) is 4.74 Å². The monoisotopic (exact) mass is 323 g/mol. The van der Waals surface area contributed by atoms with Gasteiger partial charge in [-0.1, -0.05) is 0 Å². The maximum absolute atomic E-state index is 11.9. The molecule has 1 aromatic rings. The zero-order valence-corrected chi connectivity index (χ0v) is 14.6. The van der Waals surface area contributed by atoms with Gasteiger partial charge in [0.15, 0.2) is 0 Å². The molecule has 1 saturated carbocycles. The van der Waals surface area contributed by atoms with Gasteiger partial charge in [0.25, 0.3) is 0 Å². The maximum Gasteiger partial charge on any atom is 0.407 e. The number of ether oxygens (including phenoxy) is 1. The Kier molecular flexibility index (Phi) is 5.34. The van der Waals surface area contributed by atoms with Crippen LogP contribution in [-0.4, -0.2) is 39.5 Å². The first-order chi connectivity index (χ1) is 10.8. The molecule has 1 fully saturated rings. The molecule has 0 radical (unpaired) electrons. The summed E-state index contributed by atoms with van der Waals surface area (Å²) >= 11 is 0. The molecule has 6 heteroatoms. The smallest absolute Gasteiger partial charge is 0.407 e. The van der Waals surface area contributed by atoms with Gasteiger partial charge in [-0.2, -0.15) is 0 Å². The predicted molar refractivity (Wildman–Crippen MR) is 88.0 cm³/mol. The van der Waals surface area contributed by atoms with Gasteiger partial charge < -0.3 is 19.7 Å². The molecular weight excluding hydrogens is 294 g/mol. The third kappa shape index (κ3) is 4.96. The number of nitrogens with zero attached hydrogens (tertiary/aromatic N) is 2. The number of carbonyl (C=O) groups excluding carboxylic acids is 1. The molecule has 130 valence electrons. The topological polar surface area (TPSA) is 76.4 Å². The molecule has 23 heavy (non-hydrogen) atoms. The van der Waals surface area contributed by atoms with Gasteiger partial charge in [0.2, 0.25) is 0 Å². The van der Waals surface area contributed by atoms with Crippen LogP contribution in [-0.2, 0) is 18.2 Å². The molecular formula is C17H29N3O3. The molecule has 0 bridgehead atoms. The molecule has 1 aliphatic rings. The van der Waals surface area contributed by atoms with E-state index in [-0.39, 0.29) is 12.0 Å². The summed E-state index contributed by atoms with van der Waals surface area (Å²) in [5.41, 5.74) is -0.804. The van der Waals surface area contributed by atoms with Crippen molar-refractivity contribution in [3.05, 3.63) is 18.2 Å². The lowest BCUT2D eigenvalue weighted by atomic mass is 9.78. The second-order valence-electron chi connectivity index (χ2n) is 7.60. The number of hydrogen-bond donors (Lipinski definition) is 2. The molecule has 1 aromatic heterocycles. The normalized spacial score (nSPS) is 17.6. The molecule has 0 spiro atoms. The van der Waals surface area contributed by atoms with Crippen LogP contribution in [0.5, 0.6) is 0 Å². The summed E-state index contributed by atoms with van der Waals surface area (Å²) in [6, 6.07) is 0. The number of hydrogen-bond acceptors (Lipinski definition) is 4. The van der Waals surface area contributed by atoms with E-state index in [1.54, 1.807) is 6.20 Å². The first kappa shape index (κ1) is 17.8. The Bertz CT molecular complexity index is 531. The van der Waals surface area contributed by atoms with Crippen LogP contribution in [0.4, 0.5) is 4.79 Å². The van der Waals surface area contributed by atoms with Crippen molar-refractivity contribution >= 4 is 6.09 Å². The van der Waals surface area contributed by atoms with Crippen molar-refractivity contribution in [2.75, 3.05) is 13.2 Å². The van der Waals surface area contributed by atoms with Crippen molar-refractivity contribution in [2.24, 2.45) is 18.4 Å². The summed E-state index contributed by atoms with van der Waals surface area (Å²) in [6.45, 7) is 6.03. The maximum atomic E-state index is 11.9. The number of rotatable bonds is 7.